The van der Waals surface area contributed by atoms with Crippen molar-refractivity contribution in [3.8, 4) is 0 Å². The Kier molecular flexibility index (Phi) is 37.0. The lowest BCUT2D eigenvalue weighted by Crippen LogP contribution is -2.49. The molecular weight excluding hydrogens is 603 g/mol. The number of nitrogens with two attached hydrogens (primary N) is 1. The fourth-order valence-electron chi connectivity index (χ4n) is 6.27. The second kappa shape index (κ2) is 38.0. The highest BCUT2D eigenvalue weighted by molar-refractivity contribution is 5.00. The first-order valence-corrected chi connectivity index (χ1v) is 21.2. The molecule has 288 valence electrons. The van der Waals surface area contributed by atoms with Crippen molar-refractivity contribution in [3.05, 3.63) is 48.6 Å². The van der Waals surface area contributed by atoms with Crippen LogP contribution >= 0.6 is 0 Å². The second-order valence-electron chi connectivity index (χ2n) is 14.4. The van der Waals surface area contributed by atoms with Crippen LogP contribution in [0.2, 0.25) is 0 Å². The first kappa shape index (κ1) is 47.8. The Morgan fingerprint density at radius 1 is 0.531 bits per heavy atom. The third kappa shape index (κ3) is 32.4. The molecule has 0 aromatic carbocycles. The molecule has 0 saturated carbocycles. The standard InChI is InChI=1S/C44H85N3O2/c1-5-9-12-15-17-19-20-21-22-23-24-25-26-28-31-34-37-46(39-43(48)8-4)41-47(40-44(49)38-45)42(35-32-29-14-11-7-3)36-33-30-27-18-16-13-10-6-2/h17-19,21-22,27,33,36,42-44,48-49H,5-16,20,23-26,28-32,34-35,37-41,45H2,1-4H3/b19-17-,22-21+,27-18-,36-33-. The molecule has 0 aliphatic carbocycles. The van der Waals surface area contributed by atoms with Gasteiger partial charge in [-0.25, -0.2) is 0 Å². The number of unbranched alkanes of at least 4 members (excludes halogenated alkanes) is 16. The van der Waals surface area contributed by atoms with Crippen molar-refractivity contribution in [2.45, 2.75) is 200 Å². The lowest BCUT2D eigenvalue weighted by Gasteiger charge is -2.37. The number of aliphatic hydroxyl groups is 2. The second-order valence-corrected chi connectivity index (χ2v) is 14.4. The summed E-state index contributed by atoms with van der Waals surface area (Å²) >= 11 is 0. The van der Waals surface area contributed by atoms with E-state index < -0.39 is 6.10 Å². The number of nitrogens with zero attached hydrogens (tertiary/aromatic N) is 2. The maximum Gasteiger partial charge on any atom is 0.0789 e. The molecule has 0 rings (SSSR count). The van der Waals surface area contributed by atoms with Crippen molar-refractivity contribution < 1.29 is 10.2 Å². The predicted molar refractivity (Wildman–Crippen MR) is 218 cm³/mol. The quantitative estimate of drug-likeness (QED) is 0.0344. The van der Waals surface area contributed by atoms with E-state index in [4.69, 9.17) is 5.73 Å². The maximum atomic E-state index is 10.7. The molecule has 0 fully saturated rings. The van der Waals surface area contributed by atoms with E-state index in [2.05, 4.69) is 86.1 Å². The van der Waals surface area contributed by atoms with E-state index in [1.165, 1.54) is 122 Å². The van der Waals surface area contributed by atoms with E-state index in [0.29, 0.717) is 13.1 Å². The van der Waals surface area contributed by atoms with Crippen molar-refractivity contribution in [2.75, 3.05) is 32.8 Å². The molecule has 4 N–H and O–H groups in total. The zero-order valence-electron chi connectivity index (χ0n) is 33.2. The van der Waals surface area contributed by atoms with Gasteiger partial charge in [-0.05, 0) is 77.2 Å². The van der Waals surface area contributed by atoms with Gasteiger partial charge in [0, 0.05) is 25.7 Å². The highest BCUT2D eigenvalue weighted by Crippen LogP contribution is 2.17. The Bertz CT molecular complexity index is 780. The van der Waals surface area contributed by atoms with Crippen molar-refractivity contribution in [1.82, 2.24) is 9.80 Å². The summed E-state index contributed by atoms with van der Waals surface area (Å²) in [5.41, 5.74) is 5.94. The molecule has 0 amide bonds. The monoisotopic (exact) mass is 688 g/mol. The molecule has 0 radical (unpaired) electrons. The van der Waals surface area contributed by atoms with Crippen LogP contribution in [-0.4, -0.2) is 71.1 Å². The van der Waals surface area contributed by atoms with Crippen LogP contribution in [0.5, 0.6) is 0 Å². The number of aliphatic hydroxyl groups excluding tert-OH is 2. The van der Waals surface area contributed by atoms with E-state index in [1.54, 1.807) is 0 Å². The van der Waals surface area contributed by atoms with Gasteiger partial charge in [-0.1, -0.05) is 160 Å². The van der Waals surface area contributed by atoms with Crippen LogP contribution in [0.4, 0.5) is 0 Å². The summed E-state index contributed by atoms with van der Waals surface area (Å²) in [6.07, 6.45) is 46.9. The Morgan fingerprint density at radius 3 is 1.59 bits per heavy atom. The number of allylic oxidation sites excluding steroid dienone is 7. The summed E-state index contributed by atoms with van der Waals surface area (Å²) < 4.78 is 0. The predicted octanol–water partition coefficient (Wildman–Crippen LogP) is 11.3. The minimum atomic E-state index is -0.547. The molecule has 49 heavy (non-hydrogen) atoms. The van der Waals surface area contributed by atoms with E-state index in [-0.39, 0.29) is 18.7 Å². The summed E-state index contributed by atoms with van der Waals surface area (Å²) in [7, 11) is 0. The third-order valence-corrected chi connectivity index (χ3v) is 9.56. The lowest BCUT2D eigenvalue weighted by molar-refractivity contribution is 0.0296. The zero-order chi connectivity index (χ0) is 36.0. The fourth-order valence-corrected chi connectivity index (χ4v) is 6.27. The SMILES string of the molecule is CCCCC/C=C\C/C=C\C(CCCCCCC)N(CC(O)CN)CN(CCCCCCCC/C=C/C/C=C\CCCCC)CC(O)CC. The number of rotatable bonds is 37. The molecule has 0 saturated heterocycles. The molecule has 0 heterocycles. The van der Waals surface area contributed by atoms with Gasteiger partial charge < -0.3 is 15.9 Å². The average molecular weight is 688 g/mol. The summed E-state index contributed by atoms with van der Waals surface area (Å²) in [6, 6.07) is 0.258. The number of hydrogen-bond donors (Lipinski definition) is 3. The van der Waals surface area contributed by atoms with Gasteiger partial charge in [0.2, 0.25) is 0 Å². The van der Waals surface area contributed by atoms with Gasteiger partial charge in [0.25, 0.3) is 0 Å². The van der Waals surface area contributed by atoms with Crippen LogP contribution in [0.1, 0.15) is 182 Å². The maximum absolute atomic E-state index is 10.7. The van der Waals surface area contributed by atoms with Gasteiger partial charge in [-0.15, -0.1) is 0 Å². The van der Waals surface area contributed by atoms with Crippen LogP contribution in [0.3, 0.4) is 0 Å². The van der Waals surface area contributed by atoms with E-state index in [1.807, 2.05) is 0 Å². The topological polar surface area (TPSA) is 73.0 Å². The van der Waals surface area contributed by atoms with Crippen molar-refractivity contribution in [1.29, 1.82) is 0 Å². The summed E-state index contributed by atoms with van der Waals surface area (Å²) in [5, 5.41) is 21.4. The van der Waals surface area contributed by atoms with Crippen LogP contribution in [0, 0.1) is 0 Å². The average Bonchev–Trinajstić information content (AvgIpc) is 3.10. The highest BCUT2D eigenvalue weighted by atomic mass is 16.3. The molecule has 3 atom stereocenters. The van der Waals surface area contributed by atoms with E-state index >= 15 is 0 Å². The van der Waals surface area contributed by atoms with Crippen molar-refractivity contribution in [3.63, 3.8) is 0 Å². The third-order valence-electron chi connectivity index (χ3n) is 9.56. The summed E-state index contributed by atoms with van der Waals surface area (Å²) in [5.74, 6) is 0. The molecule has 0 aliphatic heterocycles. The lowest BCUT2D eigenvalue weighted by atomic mass is 10.0. The van der Waals surface area contributed by atoms with Crippen LogP contribution in [-0.2, 0) is 0 Å². The van der Waals surface area contributed by atoms with Gasteiger partial charge >= 0.3 is 0 Å². The van der Waals surface area contributed by atoms with Crippen LogP contribution < -0.4 is 5.73 Å². The Hall–Kier alpha value is -1.24. The molecule has 5 heteroatoms. The van der Waals surface area contributed by atoms with Gasteiger partial charge in [-0.3, -0.25) is 9.80 Å². The largest absolute Gasteiger partial charge is 0.392 e. The highest BCUT2D eigenvalue weighted by Gasteiger charge is 2.22. The molecule has 0 aliphatic rings. The Morgan fingerprint density at radius 2 is 1.02 bits per heavy atom. The normalized spacial score (nSPS) is 14.6. The number of hydrogen-bond acceptors (Lipinski definition) is 5. The van der Waals surface area contributed by atoms with Crippen LogP contribution in [0.25, 0.3) is 0 Å². The van der Waals surface area contributed by atoms with Crippen molar-refractivity contribution >= 4 is 0 Å². The Labute approximate surface area is 306 Å². The molecule has 5 nitrogen and oxygen atoms in total. The molecule has 0 aromatic heterocycles. The van der Waals surface area contributed by atoms with Gasteiger partial charge in [0.15, 0.2) is 0 Å². The van der Waals surface area contributed by atoms with Crippen molar-refractivity contribution in [2.24, 2.45) is 5.73 Å². The van der Waals surface area contributed by atoms with Gasteiger partial charge in [0.05, 0.1) is 18.9 Å². The van der Waals surface area contributed by atoms with Crippen LogP contribution in [0.15, 0.2) is 48.6 Å². The Balaban J connectivity index is 5.06. The van der Waals surface area contributed by atoms with Gasteiger partial charge in [-0.2, -0.15) is 0 Å². The van der Waals surface area contributed by atoms with Gasteiger partial charge in [0.1, 0.15) is 0 Å². The minimum Gasteiger partial charge on any atom is -0.392 e. The smallest absolute Gasteiger partial charge is 0.0789 e. The molecule has 0 bridgehead atoms. The summed E-state index contributed by atoms with van der Waals surface area (Å²) in [6.45, 7) is 12.1. The minimum absolute atomic E-state index is 0.258. The first-order valence-electron chi connectivity index (χ1n) is 21.2. The zero-order valence-corrected chi connectivity index (χ0v) is 33.2. The van der Waals surface area contributed by atoms with E-state index in [0.717, 1.165) is 45.3 Å². The molecule has 0 aromatic rings. The molecule has 3 unspecified atom stereocenters. The fraction of sp³-hybridized carbons (Fsp3) is 0.818. The van der Waals surface area contributed by atoms with E-state index in [9.17, 15) is 10.2 Å². The molecular formula is C44H85N3O2. The molecule has 0 spiro atoms. The summed E-state index contributed by atoms with van der Waals surface area (Å²) in [4.78, 5) is 4.88. The first-order chi connectivity index (χ1) is 24.0.